The fraction of sp³-hybridized carbons (Fsp3) is 0.333. The molecule has 1 aliphatic rings. The first-order valence-corrected chi connectivity index (χ1v) is 10.3. The van der Waals surface area contributed by atoms with Gasteiger partial charge in [0.15, 0.2) is 0 Å². The van der Waals surface area contributed by atoms with Crippen LogP contribution in [0.3, 0.4) is 0 Å². The molecule has 1 aromatic heterocycles. The maximum Gasteiger partial charge on any atom is 0.217 e. The zero-order valence-corrected chi connectivity index (χ0v) is 17.4. The highest BCUT2D eigenvalue weighted by atomic mass is 19.1. The number of rotatable bonds is 5. The number of carbonyl (C=O) groups excluding carboxylic acids is 1. The molecular weight excluding hydrogens is 379 g/mol. The normalized spacial score (nSPS) is 16.4. The van der Waals surface area contributed by atoms with Gasteiger partial charge in [0.1, 0.15) is 11.6 Å². The zero-order chi connectivity index (χ0) is 21.1. The number of nitrogens with zero attached hydrogens (tertiary/aromatic N) is 3. The highest BCUT2D eigenvalue weighted by Crippen LogP contribution is 2.35. The SMILES string of the molecule is CC(=O)NC1(c2ccccc2F)CCN(Cc2ccc(-n3ccnc3C)cc2)CC1. The van der Waals surface area contributed by atoms with Crippen molar-refractivity contribution in [3.05, 3.63) is 83.7 Å². The number of hydrogen-bond acceptors (Lipinski definition) is 3. The second-order valence-corrected chi connectivity index (χ2v) is 8.03. The van der Waals surface area contributed by atoms with Crippen molar-refractivity contribution in [2.24, 2.45) is 0 Å². The summed E-state index contributed by atoms with van der Waals surface area (Å²) in [5.41, 5.74) is 2.27. The quantitative estimate of drug-likeness (QED) is 0.698. The van der Waals surface area contributed by atoms with Crippen LogP contribution in [0.5, 0.6) is 0 Å². The van der Waals surface area contributed by atoms with E-state index in [2.05, 4.69) is 44.0 Å². The minimum absolute atomic E-state index is 0.128. The Balaban J connectivity index is 1.45. The molecule has 1 aliphatic heterocycles. The molecule has 0 atom stereocenters. The van der Waals surface area contributed by atoms with Crippen molar-refractivity contribution in [1.29, 1.82) is 0 Å². The molecule has 6 heteroatoms. The lowest BCUT2D eigenvalue weighted by Gasteiger charge is -2.42. The topological polar surface area (TPSA) is 50.2 Å². The number of likely N-dealkylation sites (tertiary alicyclic amines) is 1. The Kier molecular flexibility index (Phi) is 5.68. The second kappa shape index (κ2) is 8.40. The van der Waals surface area contributed by atoms with Gasteiger partial charge in [-0.05, 0) is 43.5 Å². The molecule has 2 aromatic carbocycles. The monoisotopic (exact) mass is 406 g/mol. The molecule has 0 unspecified atom stereocenters. The number of aryl methyl sites for hydroxylation is 1. The number of aromatic nitrogens is 2. The molecule has 2 heterocycles. The van der Waals surface area contributed by atoms with Crippen LogP contribution in [0, 0.1) is 12.7 Å². The Bertz CT molecular complexity index is 1020. The molecule has 0 aliphatic carbocycles. The number of carbonyl (C=O) groups is 1. The van der Waals surface area contributed by atoms with Crippen molar-refractivity contribution in [2.45, 2.75) is 38.8 Å². The van der Waals surface area contributed by atoms with Gasteiger partial charge in [-0.2, -0.15) is 0 Å². The van der Waals surface area contributed by atoms with Gasteiger partial charge in [-0.1, -0.05) is 30.3 Å². The summed E-state index contributed by atoms with van der Waals surface area (Å²) in [6.45, 7) is 5.89. The maximum atomic E-state index is 14.5. The van der Waals surface area contributed by atoms with Crippen LogP contribution in [0.2, 0.25) is 0 Å². The van der Waals surface area contributed by atoms with Crippen LogP contribution in [0.15, 0.2) is 60.9 Å². The summed E-state index contributed by atoms with van der Waals surface area (Å²) in [5.74, 6) is 0.573. The van der Waals surface area contributed by atoms with E-state index in [0.717, 1.165) is 31.1 Å². The van der Waals surface area contributed by atoms with E-state index in [1.807, 2.05) is 19.2 Å². The van der Waals surface area contributed by atoms with E-state index >= 15 is 0 Å². The van der Waals surface area contributed by atoms with Crippen molar-refractivity contribution >= 4 is 5.91 Å². The average Bonchev–Trinajstić information content (AvgIpc) is 3.16. The fourth-order valence-electron chi connectivity index (χ4n) is 4.41. The largest absolute Gasteiger partial charge is 0.347 e. The molecule has 0 spiro atoms. The Morgan fingerprint density at radius 3 is 2.43 bits per heavy atom. The second-order valence-electron chi connectivity index (χ2n) is 8.03. The lowest BCUT2D eigenvalue weighted by atomic mass is 9.80. The molecular formula is C24H27FN4O. The van der Waals surface area contributed by atoms with Crippen LogP contribution in [-0.4, -0.2) is 33.4 Å². The third kappa shape index (κ3) is 4.14. The van der Waals surface area contributed by atoms with Gasteiger partial charge in [-0.15, -0.1) is 0 Å². The van der Waals surface area contributed by atoms with Crippen molar-refractivity contribution in [3.8, 4) is 5.69 Å². The van der Waals surface area contributed by atoms with E-state index in [0.29, 0.717) is 18.4 Å². The van der Waals surface area contributed by atoms with Crippen molar-refractivity contribution in [3.63, 3.8) is 0 Å². The molecule has 30 heavy (non-hydrogen) atoms. The Morgan fingerprint density at radius 2 is 1.83 bits per heavy atom. The standard InChI is InChI=1S/C24H27FN4O/c1-18-26-13-16-29(18)21-9-7-20(8-10-21)17-28-14-11-24(12-15-28,27-19(2)30)22-5-3-4-6-23(22)25/h3-10,13,16H,11-12,14-15,17H2,1-2H3,(H,27,30). The number of benzene rings is 2. The smallest absolute Gasteiger partial charge is 0.217 e. The van der Waals surface area contributed by atoms with E-state index in [9.17, 15) is 9.18 Å². The Labute approximate surface area is 176 Å². The van der Waals surface area contributed by atoms with Crippen LogP contribution in [0.1, 0.15) is 36.7 Å². The molecule has 1 amide bonds. The molecule has 0 saturated carbocycles. The molecule has 0 radical (unpaired) electrons. The van der Waals surface area contributed by atoms with Crippen LogP contribution in [-0.2, 0) is 16.9 Å². The lowest BCUT2D eigenvalue weighted by molar-refractivity contribution is -0.121. The Hall–Kier alpha value is -2.99. The number of nitrogens with one attached hydrogen (secondary N) is 1. The number of hydrogen-bond donors (Lipinski definition) is 1. The van der Waals surface area contributed by atoms with Crippen LogP contribution in [0.4, 0.5) is 4.39 Å². The molecule has 0 bridgehead atoms. The van der Waals surface area contributed by atoms with E-state index in [1.54, 1.807) is 18.3 Å². The zero-order valence-electron chi connectivity index (χ0n) is 17.4. The van der Waals surface area contributed by atoms with Crippen molar-refractivity contribution in [1.82, 2.24) is 19.8 Å². The summed E-state index contributed by atoms with van der Waals surface area (Å²) in [4.78, 5) is 18.5. The third-order valence-corrected chi connectivity index (χ3v) is 5.96. The summed E-state index contributed by atoms with van der Waals surface area (Å²) in [5, 5.41) is 3.05. The molecule has 156 valence electrons. The summed E-state index contributed by atoms with van der Waals surface area (Å²) < 4.78 is 16.6. The molecule has 4 rings (SSSR count). The average molecular weight is 407 g/mol. The number of halogens is 1. The van der Waals surface area contributed by atoms with Gasteiger partial charge in [0.2, 0.25) is 5.91 Å². The minimum Gasteiger partial charge on any atom is -0.347 e. The van der Waals surface area contributed by atoms with E-state index in [-0.39, 0.29) is 11.7 Å². The highest BCUT2D eigenvalue weighted by molar-refractivity contribution is 5.74. The minimum atomic E-state index is -0.642. The molecule has 3 aromatic rings. The molecule has 1 N–H and O–H groups in total. The predicted molar refractivity (Wildman–Crippen MR) is 115 cm³/mol. The fourth-order valence-corrected chi connectivity index (χ4v) is 4.41. The first-order chi connectivity index (χ1) is 14.5. The molecule has 5 nitrogen and oxygen atoms in total. The van der Waals surface area contributed by atoms with Crippen molar-refractivity contribution < 1.29 is 9.18 Å². The molecule has 1 fully saturated rings. The summed E-state index contributed by atoms with van der Waals surface area (Å²) in [7, 11) is 0. The summed E-state index contributed by atoms with van der Waals surface area (Å²) in [6, 6.07) is 15.3. The Morgan fingerprint density at radius 1 is 1.13 bits per heavy atom. The van der Waals surface area contributed by atoms with Crippen LogP contribution in [0.25, 0.3) is 5.69 Å². The number of amides is 1. The van der Waals surface area contributed by atoms with Gasteiger partial charge < -0.3 is 9.88 Å². The third-order valence-electron chi connectivity index (χ3n) is 5.96. The number of piperidine rings is 1. The van der Waals surface area contributed by atoms with Gasteiger partial charge in [0.25, 0.3) is 0 Å². The summed E-state index contributed by atoms with van der Waals surface area (Å²) in [6.07, 6.45) is 5.12. The van der Waals surface area contributed by atoms with Gasteiger partial charge in [0.05, 0.1) is 5.54 Å². The van der Waals surface area contributed by atoms with Crippen molar-refractivity contribution in [2.75, 3.05) is 13.1 Å². The highest BCUT2D eigenvalue weighted by Gasteiger charge is 2.38. The van der Waals surface area contributed by atoms with Gasteiger partial charge in [-0.3, -0.25) is 9.69 Å². The van der Waals surface area contributed by atoms with Gasteiger partial charge in [0, 0.05) is 50.2 Å². The van der Waals surface area contributed by atoms with E-state index in [1.165, 1.54) is 18.6 Å². The lowest BCUT2D eigenvalue weighted by Crippen LogP contribution is -2.52. The van der Waals surface area contributed by atoms with Gasteiger partial charge >= 0.3 is 0 Å². The van der Waals surface area contributed by atoms with Crippen LogP contribution < -0.4 is 5.32 Å². The predicted octanol–water partition coefficient (Wildman–Crippen LogP) is 3.95. The maximum absolute atomic E-state index is 14.5. The first kappa shape index (κ1) is 20.3. The van der Waals surface area contributed by atoms with Gasteiger partial charge in [-0.25, -0.2) is 9.37 Å². The van der Waals surface area contributed by atoms with Crippen LogP contribution >= 0.6 is 0 Å². The number of imidazole rings is 1. The van der Waals surface area contributed by atoms with E-state index < -0.39 is 5.54 Å². The molecule has 1 saturated heterocycles. The first-order valence-electron chi connectivity index (χ1n) is 10.3. The summed E-state index contributed by atoms with van der Waals surface area (Å²) >= 11 is 0. The van der Waals surface area contributed by atoms with E-state index in [4.69, 9.17) is 0 Å².